The van der Waals surface area contributed by atoms with Crippen molar-refractivity contribution in [3.05, 3.63) is 35.4 Å². The fourth-order valence-corrected chi connectivity index (χ4v) is 3.23. The normalized spacial score (nSPS) is 24.6. The van der Waals surface area contributed by atoms with Crippen LogP contribution in [-0.2, 0) is 5.60 Å². The molecule has 0 unspecified atom stereocenters. The molecule has 3 heteroatoms. The molecule has 18 heavy (non-hydrogen) atoms. The van der Waals surface area contributed by atoms with Crippen LogP contribution in [0.1, 0.15) is 24.0 Å². The minimum Gasteiger partial charge on any atom is -0.384 e. The summed E-state index contributed by atoms with van der Waals surface area (Å²) < 4.78 is 0. The molecule has 1 aliphatic heterocycles. The molecule has 1 atom stereocenters. The van der Waals surface area contributed by atoms with Crippen molar-refractivity contribution in [3.63, 3.8) is 0 Å². The summed E-state index contributed by atoms with van der Waals surface area (Å²) in [5.41, 5.74) is 1.67. The molecule has 0 aliphatic carbocycles. The molecule has 1 heterocycles. The molecule has 1 aliphatic rings. The van der Waals surface area contributed by atoms with E-state index in [1.54, 1.807) is 0 Å². The second kappa shape index (κ2) is 6.09. The first-order valence-electron chi connectivity index (χ1n) is 6.65. The number of hydrogen-bond acceptors (Lipinski definition) is 3. The van der Waals surface area contributed by atoms with E-state index in [9.17, 15) is 5.11 Å². The van der Waals surface area contributed by atoms with Gasteiger partial charge in [0.25, 0.3) is 0 Å². The number of thioether (sulfide) groups is 1. The average molecular weight is 265 g/mol. The minimum absolute atomic E-state index is 0.634. The number of hydrogen-bond donors (Lipinski definition) is 1. The van der Waals surface area contributed by atoms with Gasteiger partial charge in [-0.2, -0.15) is 11.8 Å². The van der Waals surface area contributed by atoms with Gasteiger partial charge in [-0.05, 0) is 49.4 Å². The number of rotatable bonds is 5. The SMILES string of the molecule is CSCCCN1CC[C@@](O)(c2ccccc2C)C1. The maximum absolute atomic E-state index is 10.8. The van der Waals surface area contributed by atoms with Crippen molar-refractivity contribution in [1.82, 2.24) is 4.90 Å². The van der Waals surface area contributed by atoms with E-state index in [0.29, 0.717) is 0 Å². The van der Waals surface area contributed by atoms with E-state index in [1.165, 1.54) is 17.7 Å². The zero-order chi connectivity index (χ0) is 13.0. The highest BCUT2D eigenvalue weighted by molar-refractivity contribution is 7.98. The van der Waals surface area contributed by atoms with Gasteiger partial charge in [0.05, 0.1) is 0 Å². The van der Waals surface area contributed by atoms with Crippen LogP contribution in [0.15, 0.2) is 24.3 Å². The van der Waals surface area contributed by atoms with Gasteiger partial charge in [-0.1, -0.05) is 24.3 Å². The summed E-state index contributed by atoms with van der Waals surface area (Å²) in [6.07, 6.45) is 4.22. The van der Waals surface area contributed by atoms with Gasteiger partial charge in [-0.25, -0.2) is 0 Å². The third-order valence-electron chi connectivity index (χ3n) is 3.80. The van der Waals surface area contributed by atoms with E-state index >= 15 is 0 Å². The Morgan fingerprint density at radius 1 is 1.39 bits per heavy atom. The Hall–Kier alpha value is -0.510. The summed E-state index contributed by atoms with van der Waals surface area (Å²) in [7, 11) is 0. The molecule has 0 bridgehead atoms. The van der Waals surface area contributed by atoms with Crippen molar-refractivity contribution in [2.45, 2.75) is 25.4 Å². The summed E-state index contributed by atoms with van der Waals surface area (Å²) in [5.74, 6) is 1.21. The van der Waals surface area contributed by atoms with Crippen LogP contribution in [0.25, 0.3) is 0 Å². The van der Waals surface area contributed by atoms with Gasteiger partial charge in [0.2, 0.25) is 0 Å². The van der Waals surface area contributed by atoms with Gasteiger partial charge in [0.15, 0.2) is 0 Å². The maximum atomic E-state index is 10.8. The highest BCUT2D eigenvalue weighted by atomic mass is 32.2. The predicted octanol–water partition coefficient (Wildman–Crippen LogP) is 2.64. The van der Waals surface area contributed by atoms with Crippen molar-refractivity contribution >= 4 is 11.8 Å². The van der Waals surface area contributed by atoms with Gasteiger partial charge in [-0.3, -0.25) is 4.90 Å². The molecule has 0 spiro atoms. The van der Waals surface area contributed by atoms with Crippen LogP contribution in [-0.4, -0.2) is 41.6 Å². The lowest BCUT2D eigenvalue weighted by molar-refractivity contribution is 0.0456. The lowest BCUT2D eigenvalue weighted by atomic mass is 9.89. The second-order valence-electron chi connectivity index (χ2n) is 5.22. The zero-order valence-corrected chi connectivity index (χ0v) is 12.2. The van der Waals surface area contributed by atoms with E-state index < -0.39 is 5.60 Å². The fourth-order valence-electron chi connectivity index (χ4n) is 2.81. The fraction of sp³-hybridized carbons (Fsp3) is 0.600. The molecule has 100 valence electrons. The van der Waals surface area contributed by atoms with Crippen LogP contribution in [0.4, 0.5) is 0 Å². The third kappa shape index (κ3) is 3.08. The first kappa shape index (κ1) is 13.9. The number of likely N-dealkylation sites (tertiary alicyclic amines) is 1. The standard InChI is InChI=1S/C15H23NOS/c1-13-6-3-4-7-14(13)15(17)8-10-16(12-15)9-5-11-18-2/h3-4,6-7,17H,5,8-12H2,1-2H3/t15-/m0/s1. The summed E-state index contributed by atoms with van der Waals surface area (Å²) >= 11 is 1.89. The summed E-state index contributed by atoms with van der Waals surface area (Å²) in [5, 5.41) is 10.8. The first-order valence-corrected chi connectivity index (χ1v) is 8.05. The average Bonchev–Trinajstić information content (AvgIpc) is 2.73. The van der Waals surface area contributed by atoms with Gasteiger partial charge in [0.1, 0.15) is 5.60 Å². The molecule has 1 aromatic carbocycles. The Kier molecular flexibility index (Phi) is 4.71. The number of aliphatic hydroxyl groups is 1. The van der Waals surface area contributed by atoms with E-state index in [2.05, 4.69) is 30.2 Å². The van der Waals surface area contributed by atoms with Crippen molar-refractivity contribution in [1.29, 1.82) is 0 Å². The lowest BCUT2D eigenvalue weighted by Gasteiger charge is -2.25. The molecule has 1 N–H and O–H groups in total. The van der Waals surface area contributed by atoms with Crippen molar-refractivity contribution in [2.75, 3.05) is 31.6 Å². The summed E-state index contributed by atoms with van der Waals surface area (Å²) in [6, 6.07) is 8.22. The van der Waals surface area contributed by atoms with Crippen LogP contribution in [0.3, 0.4) is 0 Å². The van der Waals surface area contributed by atoms with E-state index in [4.69, 9.17) is 0 Å². The van der Waals surface area contributed by atoms with Crippen molar-refractivity contribution in [3.8, 4) is 0 Å². The number of β-amino-alcohol motifs (C(OH)–C–C–N with tert-alkyl or cyclic N) is 1. The van der Waals surface area contributed by atoms with Crippen LogP contribution < -0.4 is 0 Å². The Labute approximate surface area is 114 Å². The number of benzene rings is 1. The Bertz CT molecular complexity index is 396. The Morgan fingerprint density at radius 3 is 2.89 bits per heavy atom. The Balaban J connectivity index is 2.00. The van der Waals surface area contributed by atoms with Crippen LogP contribution in [0.5, 0.6) is 0 Å². The minimum atomic E-state index is -0.634. The topological polar surface area (TPSA) is 23.5 Å². The Morgan fingerprint density at radius 2 is 2.17 bits per heavy atom. The number of aryl methyl sites for hydroxylation is 1. The molecular formula is C15H23NOS. The molecule has 0 radical (unpaired) electrons. The smallest absolute Gasteiger partial charge is 0.104 e. The molecule has 0 aromatic heterocycles. The first-order chi connectivity index (χ1) is 8.65. The van der Waals surface area contributed by atoms with E-state index in [0.717, 1.165) is 31.6 Å². The lowest BCUT2D eigenvalue weighted by Crippen LogP contribution is -2.32. The van der Waals surface area contributed by atoms with Gasteiger partial charge >= 0.3 is 0 Å². The molecule has 0 amide bonds. The van der Waals surface area contributed by atoms with E-state index in [-0.39, 0.29) is 0 Å². The maximum Gasteiger partial charge on any atom is 0.104 e. The molecule has 1 fully saturated rings. The summed E-state index contributed by atoms with van der Waals surface area (Å²) in [6.45, 7) is 4.99. The zero-order valence-electron chi connectivity index (χ0n) is 11.4. The van der Waals surface area contributed by atoms with Gasteiger partial charge in [0, 0.05) is 13.1 Å². The highest BCUT2D eigenvalue weighted by Gasteiger charge is 2.37. The van der Waals surface area contributed by atoms with Gasteiger partial charge < -0.3 is 5.11 Å². The molecule has 1 saturated heterocycles. The van der Waals surface area contributed by atoms with E-state index in [1.807, 2.05) is 23.9 Å². The monoisotopic (exact) mass is 265 g/mol. The molecule has 2 nitrogen and oxygen atoms in total. The molecule has 0 saturated carbocycles. The predicted molar refractivity (Wildman–Crippen MR) is 79.1 cm³/mol. The molecule has 1 aromatic rings. The quantitative estimate of drug-likeness (QED) is 0.828. The largest absolute Gasteiger partial charge is 0.384 e. The second-order valence-corrected chi connectivity index (χ2v) is 6.20. The van der Waals surface area contributed by atoms with Crippen molar-refractivity contribution in [2.24, 2.45) is 0 Å². The van der Waals surface area contributed by atoms with Crippen LogP contribution >= 0.6 is 11.8 Å². The van der Waals surface area contributed by atoms with Crippen molar-refractivity contribution < 1.29 is 5.11 Å². The molecule has 2 rings (SSSR count). The third-order valence-corrected chi connectivity index (χ3v) is 4.49. The number of nitrogens with zero attached hydrogens (tertiary/aromatic N) is 1. The van der Waals surface area contributed by atoms with Crippen LogP contribution in [0.2, 0.25) is 0 Å². The van der Waals surface area contributed by atoms with Crippen LogP contribution in [0, 0.1) is 6.92 Å². The summed E-state index contributed by atoms with van der Waals surface area (Å²) in [4.78, 5) is 2.39. The van der Waals surface area contributed by atoms with Gasteiger partial charge in [-0.15, -0.1) is 0 Å². The highest BCUT2D eigenvalue weighted by Crippen LogP contribution is 2.33. The molecular weight excluding hydrogens is 242 g/mol.